The van der Waals surface area contributed by atoms with Gasteiger partial charge in [-0.3, -0.25) is 14.6 Å². The van der Waals surface area contributed by atoms with Crippen LogP contribution >= 0.6 is 11.3 Å². The van der Waals surface area contributed by atoms with Crippen molar-refractivity contribution < 1.29 is 9.59 Å². The maximum atomic E-state index is 13.0. The van der Waals surface area contributed by atoms with Crippen molar-refractivity contribution in [2.75, 3.05) is 19.6 Å². The second-order valence-corrected chi connectivity index (χ2v) is 9.91. The molecule has 0 bridgehead atoms. The topological polar surface area (TPSA) is 53.5 Å². The number of carbonyl (C=O) groups excluding carboxylic acids is 2. The lowest BCUT2D eigenvalue weighted by atomic mass is 9.82. The number of amides is 2. The van der Waals surface area contributed by atoms with Crippen molar-refractivity contribution in [3.05, 3.63) is 88.4 Å². The SMILES string of the molecule is O=C(c1cncs1)N1CC[C@H]2[C@H](CCC(=O)N2CCC(c2ccccc2)c2ccccc2)C1. The molecular formula is C27H29N3O2S. The first-order chi connectivity index (χ1) is 16.2. The predicted octanol–water partition coefficient (Wildman–Crippen LogP) is 4.82. The molecule has 5 nitrogen and oxygen atoms in total. The Morgan fingerprint density at radius 1 is 1.03 bits per heavy atom. The average molecular weight is 460 g/mol. The van der Waals surface area contributed by atoms with Crippen LogP contribution < -0.4 is 0 Å². The van der Waals surface area contributed by atoms with E-state index < -0.39 is 0 Å². The fourth-order valence-corrected chi connectivity index (χ4v) is 6.06. The fraction of sp³-hybridized carbons (Fsp3) is 0.370. The van der Waals surface area contributed by atoms with Crippen molar-refractivity contribution in [3.8, 4) is 0 Å². The van der Waals surface area contributed by atoms with Gasteiger partial charge >= 0.3 is 0 Å². The molecule has 170 valence electrons. The first kappa shape index (κ1) is 21.8. The quantitative estimate of drug-likeness (QED) is 0.531. The highest BCUT2D eigenvalue weighted by Gasteiger charge is 2.40. The molecule has 2 atom stereocenters. The van der Waals surface area contributed by atoms with Crippen LogP contribution in [-0.2, 0) is 4.79 Å². The first-order valence-electron chi connectivity index (χ1n) is 11.8. The van der Waals surface area contributed by atoms with E-state index in [1.54, 1.807) is 11.7 Å². The number of carbonyl (C=O) groups is 2. The molecule has 0 unspecified atom stereocenters. The number of hydrogen-bond acceptors (Lipinski definition) is 4. The maximum absolute atomic E-state index is 13.0. The van der Waals surface area contributed by atoms with Crippen molar-refractivity contribution in [2.24, 2.45) is 5.92 Å². The number of hydrogen-bond donors (Lipinski definition) is 0. The molecule has 0 N–H and O–H groups in total. The molecule has 5 rings (SSSR count). The van der Waals surface area contributed by atoms with Crippen molar-refractivity contribution in [2.45, 2.75) is 37.6 Å². The number of piperidine rings is 2. The van der Waals surface area contributed by atoms with E-state index in [1.165, 1.54) is 22.5 Å². The molecular weight excluding hydrogens is 430 g/mol. The lowest BCUT2D eigenvalue weighted by molar-refractivity contribution is -0.140. The van der Waals surface area contributed by atoms with E-state index >= 15 is 0 Å². The van der Waals surface area contributed by atoms with Gasteiger partial charge in [0, 0.05) is 38.0 Å². The van der Waals surface area contributed by atoms with Crippen LogP contribution in [-0.4, -0.2) is 52.3 Å². The molecule has 0 saturated carbocycles. The monoisotopic (exact) mass is 459 g/mol. The average Bonchev–Trinajstić information content (AvgIpc) is 3.41. The van der Waals surface area contributed by atoms with Gasteiger partial charge in [0.05, 0.1) is 11.7 Å². The number of nitrogens with zero attached hydrogens (tertiary/aromatic N) is 3. The van der Waals surface area contributed by atoms with E-state index in [1.807, 2.05) is 17.0 Å². The van der Waals surface area contributed by atoms with Gasteiger partial charge in [0.1, 0.15) is 4.88 Å². The Morgan fingerprint density at radius 3 is 2.36 bits per heavy atom. The standard InChI is InChI=1S/C27H29N3O2S/c31-26-12-11-22-18-29(27(32)25-17-28-19-33-25)15-14-24(22)30(26)16-13-23(20-7-3-1-4-8-20)21-9-5-2-6-10-21/h1-10,17,19,22-24H,11-16,18H2/t22-,24+/m1/s1. The molecule has 0 radical (unpaired) electrons. The van der Waals surface area contributed by atoms with E-state index in [-0.39, 0.29) is 23.8 Å². The van der Waals surface area contributed by atoms with Gasteiger partial charge in [-0.1, -0.05) is 60.7 Å². The molecule has 6 heteroatoms. The predicted molar refractivity (Wildman–Crippen MR) is 130 cm³/mol. The van der Waals surface area contributed by atoms with Gasteiger partial charge in [-0.2, -0.15) is 0 Å². The first-order valence-corrected chi connectivity index (χ1v) is 12.7. The van der Waals surface area contributed by atoms with E-state index in [0.717, 1.165) is 32.4 Å². The lowest BCUT2D eigenvalue weighted by Gasteiger charge is -2.47. The van der Waals surface area contributed by atoms with Gasteiger partial charge in [-0.15, -0.1) is 11.3 Å². The number of benzene rings is 2. The zero-order valence-corrected chi connectivity index (χ0v) is 19.5. The minimum Gasteiger partial charge on any atom is -0.339 e. The summed E-state index contributed by atoms with van der Waals surface area (Å²) < 4.78 is 0. The summed E-state index contributed by atoms with van der Waals surface area (Å²) in [6.07, 6.45) is 4.84. The minimum atomic E-state index is 0.0765. The zero-order chi connectivity index (χ0) is 22.6. The van der Waals surface area contributed by atoms with Crippen LogP contribution in [0, 0.1) is 5.92 Å². The largest absolute Gasteiger partial charge is 0.339 e. The third kappa shape index (κ3) is 4.71. The summed E-state index contributed by atoms with van der Waals surface area (Å²) in [5.74, 6) is 0.944. The van der Waals surface area contributed by atoms with E-state index in [4.69, 9.17) is 0 Å². The Morgan fingerprint density at radius 2 is 1.73 bits per heavy atom. The zero-order valence-electron chi connectivity index (χ0n) is 18.7. The summed E-state index contributed by atoms with van der Waals surface area (Å²) in [6, 6.07) is 21.4. The summed E-state index contributed by atoms with van der Waals surface area (Å²) in [5, 5.41) is 0. The van der Waals surface area contributed by atoms with Gasteiger partial charge in [0.2, 0.25) is 5.91 Å². The highest BCUT2D eigenvalue weighted by atomic mass is 32.1. The summed E-state index contributed by atoms with van der Waals surface area (Å²) in [5.41, 5.74) is 4.28. The highest BCUT2D eigenvalue weighted by molar-refractivity contribution is 7.11. The molecule has 33 heavy (non-hydrogen) atoms. The van der Waals surface area contributed by atoms with Crippen LogP contribution in [0.15, 0.2) is 72.4 Å². The molecule has 3 heterocycles. The molecule has 2 aliphatic rings. The van der Waals surface area contributed by atoms with E-state index in [0.29, 0.717) is 23.8 Å². The second-order valence-electron chi connectivity index (χ2n) is 9.02. The fourth-order valence-electron chi connectivity index (χ4n) is 5.47. The van der Waals surface area contributed by atoms with Crippen LogP contribution in [0.25, 0.3) is 0 Å². The van der Waals surface area contributed by atoms with Crippen LogP contribution in [0.1, 0.15) is 52.4 Å². The molecule has 2 aliphatic heterocycles. The molecule has 0 aliphatic carbocycles. The van der Waals surface area contributed by atoms with Crippen LogP contribution in [0.5, 0.6) is 0 Å². The molecule has 2 saturated heterocycles. The van der Waals surface area contributed by atoms with Crippen molar-refractivity contribution in [3.63, 3.8) is 0 Å². The summed E-state index contributed by atoms with van der Waals surface area (Å²) in [4.78, 5) is 34.6. The Balaban J connectivity index is 1.29. The lowest BCUT2D eigenvalue weighted by Crippen LogP contribution is -2.57. The number of likely N-dealkylation sites (tertiary alicyclic amines) is 2. The molecule has 3 aromatic rings. The number of rotatable bonds is 6. The molecule has 2 aromatic carbocycles. The molecule has 0 spiro atoms. The van der Waals surface area contributed by atoms with Crippen LogP contribution in [0.3, 0.4) is 0 Å². The Hall–Kier alpha value is -2.99. The van der Waals surface area contributed by atoms with Crippen LogP contribution in [0.2, 0.25) is 0 Å². The Bertz CT molecular complexity index is 1030. The number of aromatic nitrogens is 1. The van der Waals surface area contributed by atoms with Crippen molar-refractivity contribution in [1.82, 2.24) is 14.8 Å². The van der Waals surface area contributed by atoms with Gasteiger partial charge < -0.3 is 9.80 Å². The Kier molecular flexibility index (Phi) is 6.53. The van der Waals surface area contributed by atoms with Gasteiger partial charge in [0.25, 0.3) is 5.91 Å². The van der Waals surface area contributed by atoms with Crippen molar-refractivity contribution in [1.29, 1.82) is 0 Å². The third-order valence-electron chi connectivity index (χ3n) is 7.14. The van der Waals surface area contributed by atoms with E-state index in [2.05, 4.69) is 58.4 Å². The normalized spacial score (nSPS) is 20.7. The Labute approximate surface area is 199 Å². The second kappa shape index (κ2) is 9.87. The van der Waals surface area contributed by atoms with Gasteiger partial charge in [-0.05, 0) is 36.3 Å². The number of fused-ring (bicyclic) bond motifs is 1. The van der Waals surface area contributed by atoms with Crippen molar-refractivity contribution >= 4 is 23.2 Å². The summed E-state index contributed by atoms with van der Waals surface area (Å²) in [7, 11) is 0. The summed E-state index contributed by atoms with van der Waals surface area (Å²) >= 11 is 1.40. The molecule has 2 fully saturated rings. The van der Waals surface area contributed by atoms with Gasteiger partial charge in [0.15, 0.2) is 0 Å². The highest BCUT2D eigenvalue weighted by Crippen LogP contribution is 2.34. The molecule has 1 aromatic heterocycles. The van der Waals surface area contributed by atoms with Crippen LogP contribution in [0.4, 0.5) is 0 Å². The molecule has 2 amide bonds. The van der Waals surface area contributed by atoms with Gasteiger partial charge in [-0.25, -0.2) is 0 Å². The number of thiazole rings is 1. The minimum absolute atomic E-state index is 0.0765. The third-order valence-corrected chi connectivity index (χ3v) is 7.90. The summed E-state index contributed by atoms with van der Waals surface area (Å²) in [6.45, 7) is 2.17. The maximum Gasteiger partial charge on any atom is 0.265 e. The smallest absolute Gasteiger partial charge is 0.265 e. The van der Waals surface area contributed by atoms with E-state index in [9.17, 15) is 9.59 Å².